The van der Waals surface area contributed by atoms with E-state index in [1.165, 1.54) is 6.26 Å². The molecule has 0 radical (unpaired) electrons. The summed E-state index contributed by atoms with van der Waals surface area (Å²) < 4.78 is 25.1. The average Bonchev–Trinajstić information content (AvgIpc) is 3.40. The van der Waals surface area contributed by atoms with Crippen LogP contribution in [-0.2, 0) is 23.4 Å². The van der Waals surface area contributed by atoms with E-state index in [0.717, 1.165) is 72.6 Å². The first-order chi connectivity index (χ1) is 19.2. The largest absolute Gasteiger partial charge is 0.359 e. The Morgan fingerprint density at radius 3 is 2.42 bits per heavy atom. The molecule has 40 heavy (non-hydrogen) atoms. The van der Waals surface area contributed by atoms with Crippen molar-refractivity contribution in [3.8, 4) is 6.07 Å². The number of dihydropyridines is 1. The van der Waals surface area contributed by atoms with Gasteiger partial charge in [0.15, 0.2) is 9.84 Å². The molecule has 5 rings (SSSR count). The molecule has 0 bridgehead atoms. The van der Waals surface area contributed by atoms with E-state index in [1.54, 1.807) is 23.0 Å². The molecule has 0 saturated carbocycles. The maximum atomic E-state index is 11.7. The number of anilines is 1. The zero-order valence-electron chi connectivity index (χ0n) is 22.4. The summed E-state index contributed by atoms with van der Waals surface area (Å²) >= 11 is 0. The van der Waals surface area contributed by atoms with Crippen LogP contribution < -0.4 is 10.2 Å². The second-order valence-electron chi connectivity index (χ2n) is 9.83. The molecule has 204 valence electrons. The molecule has 2 aromatic heterocycles. The highest BCUT2D eigenvalue weighted by Crippen LogP contribution is 2.32. The molecular formula is C29H30N8O2S. The predicted octanol–water partition coefficient (Wildman–Crippen LogP) is 3.00. The lowest BCUT2D eigenvalue weighted by atomic mass is 9.94. The summed E-state index contributed by atoms with van der Waals surface area (Å²) in [7, 11) is -1.33. The van der Waals surface area contributed by atoms with Gasteiger partial charge in [-0.2, -0.15) is 10.4 Å². The molecule has 0 spiro atoms. The highest BCUT2D eigenvalue weighted by atomic mass is 32.2. The lowest BCUT2D eigenvalue weighted by Crippen LogP contribution is -2.46. The van der Waals surface area contributed by atoms with Crippen molar-refractivity contribution >= 4 is 33.0 Å². The molecule has 0 aliphatic carbocycles. The molecule has 10 nitrogen and oxygen atoms in total. The van der Waals surface area contributed by atoms with Crippen LogP contribution in [-0.4, -0.2) is 66.7 Å². The minimum absolute atomic E-state index is 0.235. The van der Waals surface area contributed by atoms with Gasteiger partial charge in [-0.25, -0.2) is 13.4 Å². The van der Waals surface area contributed by atoms with Gasteiger partial charge in [0.2, 0.25) is 0 Å². The van der Waals surface area contributed by atoms with Crippen molar-refractivity contribution in [2.45, 2.75) is 11.4 Å². The number of sulfone groups is 1. The van der Waals surface area contributed by atoms with Crippen LogP contribution in [0, 0.1) is 16.7 Å². The molecule has 1 fully saturated rings. The standard InChI is InChI=1S/C29H30N8O2S/c1-35-20-25(18-34-35)23-13-27(29(33-17-23)24(14-30)15-31)22-5-8-28(32-16-22)37-11-9-36(10-12-37)19-21-3-6-26(7-4-21)40(2,38)39/h3-8,13-14,16-18,20,30,33H,9-12,19H2,1-2H3/b29-24+,30-14?. The van der Waals surface area contributed by atoms with Gasteiger partial charge in [0.05, 0.1) is 22.4 Å². The quantitative estimate of drug-likeness (QED) is 0.337. The van der Waals surface area contributed by atoms with Gasteiger partial charge >= 0.3 is 0 Å². The van der Waals surface area contributed by atoms with Gasteiger partial charge in [-0.05, 0) is 35.9 Å². The molecular weight excluding hydrogens is 524 g/mol. The smallest absolute Gasteiger partial charge is 0.175 e. The molecule has 1 aromatic carbocycles. The van der Waals surface area contributed by atoms with Gasteiger partial charge in [-0.15, -0.1) is 0 Å². The van der Waals surface area contributed by atoms with Gasteiger partial charge in [-0.1, -0.05) is 12.1 Å². The van der Waals surface area contributed by atoms with Crippen molar-refractivity contribution in [3.05, 3.63) is 95.2 Å². The predicted molar refractivity (Wildman–Crippen MR) is 155 cm³/mol. The SMILES string of the molecule is Cn1cc(C2=CN/C(=C(/C#N)C=N)C(c3ccc(N4CCN(Cc5ccc(S(C)(=O)=O)cc5)CC4)nc3)=C2)cn1. The monoisotopic (exact) mass is 554 g/mol. The fourth-order valence-electron chi connectivity index (χ4n) is 4.81. The minimum atomic E-state index is -3.19. The fourth-order valence-corrected chi connectivity index (χ4v) is 5.44. The van der Waals surface area contributed by atoms with E-state index >= 15 is 0 Å². The number of pyridine rings is 1. The number of nitrogens with zero attached hydrogens (tertiary/aromatic N) is 6. The first kappa shape index (κ1) is 27.1. The summed E-state index contributed by atoms with van der Waals surface area (Å²) in [5.41, 5.74) is 5.37. The maximum absolute atomic E-state index is 11.7. The van der Waals surface area contributed by atoms with Crippen molar-refractivity contribution in [1.29, 1.82) is 10.7 Å². The van der Waals surface area contributed by atoms with E-state index in [9.17, 15) is 13.7 Å². The van der Waals surface area contributed by atoms with Crippen LogP contribution in [0.1, 0.15) is 16.7 Å². The van der Waals surface area contributed by atoms with E-state index in [1.807, 2.05) is 56.0 Å². The normalized spacial score (nSPS) is 17.4. The second-order valence-corrected chi connectivity index (χ2v) is 11.8. The molecule has 3 aromatic rings. The summed E-state index contributed by atoms with van der Waals surface area (Å²) in [6.07, 6.45) is 11.6. The highest BCUT2D eigenvalue weighted by Gasteiger charge is 2.21. The number of aromatic nitrogens is 3. The number of benzene rings is 1. The van der Waals surface area contributed by atoms with Crippen LogP contribution in [0.3, 0.4) is 0 Å². The number of rotatable bonds is 7. The summed E-state index contributed by atoms with van der Waals surface area (Å²) in [5.74, 6) is 0.881. The highest BCUT2D eigenvalue weighted by molar-refractivity contribution is 7.90. The molecule has 2 N–H and O–H groups in total. The third-order valence-electron chi connectivity index (χ3n) is 7.03. The Morgan fingerprint density at radius 2 is 1.85 bits per heavy atom. The maximum Gasteiger partial charge on any atom is 0.175 e. The van der Waals surface area contributed by atoms with Crippen molar-refractivity contribution in [2.24, 2.45) is 7.05 Å². The second kappa shape index (κ2) is 11.3. The van der Waals surface area contributed by atoms with E-state index in [4.69, 9.17) is 10.4 Å². The number of hydrogen-bond acceptors (Lipinski definition) is 9. The molecule has 4 heterocycles. The number of nitrogens with one attached hydrogen (secondary N) is 2. The van der Waals surface area contributed by atoms with Gasteiger partial charge in [0, 0.05) is 93.1 Å². The van der Waals surface area contributed by atoms with Crippen LogP contribution in [0.15, 0.2) is 83.4 Å². The first-order valence-electron chi connectivity index (χ1n) is 12.8. The van der Waals surface area contributed by atoms with Crippen molar-refractivity contribution in [1.82, 2.24) is 25.0 Å². The summed E-state index contributed by atoms with van der Waals surface area (Å²) in [6.45, 7) is 4.14. The molecule has 11 heteroatoms. The lowest BCUT2D eigenvalue weighted by molar-refractivity contribution is 0.249. The number of hydrogen-bond donors (Lipinski definition) is 2. The van der Waals surface area contributed by atoms with Gasteiger partial charge < -0.3 is 15.6 Å². The Kier molecular flexibility index (Phi) is 7.64. The average molecular weight is 555 g/mol. The van der Waals surface area contributed by atoms with Gasteiger partial charge in [-0.3, -0.25) is 9.58 Å². The minimum Gasteiger partial charge on any atom is -0.359 e. The Morgan fingerprint density at radius 1 is 1.10 bits per heavy atom. The fraction of sp³-hybridized carbons (Fsp3) is 0.241. The third kappa shape index (κ3) is 5.88. The number of allylic oxidation sites excluding steroid dienone is 4. The Hall–Kier alpha value is -4.53. The zero-order valence-corrected chi connectivity index (χ0v) is 23.2. The molecule has 2 aliphatic rings. The van der Waals surface area contributed by atoms with E-state index in [0.29, 0.717) is 10.6 Å². The van der Waals surface area contributed by atoms with Crippen LogP contribution in [0.25, 0.3) is 11.1 Å². The van der Waals surface area contributed by atoms with Crippen LogP contribution in [0.2, 0.25) is 0 Å². The first-order valence-corrected chi connectivity index (χ1v) is 14.7. The summed E-state index contributed by atoms with van der Waals surface area (Å²) in [6, 6.07) is 13.2. The number of piperazine rings is 1. The molecule has 1 saturated heterocycles. The van der Waals surface area contributed by atoms with Gasteiger partial charge in [0.1, 0.15) is 11.9 Å². The zero-order chi connectivity index (χ0) is 28.3. The number of aryl methyl sites for hydroxylation is 1. The van der Waals surface area contributed by atoms with Crippen LogP contribution in [0.4, 0.5) is 5.82 Å². The summed E-state index contributed by atoms with van der Waals surface area (Å²) in [4.78, 5) is 9.68. The van der Waals surface area contributed by atoms with Crippen molar-refractivity contribution < 1.29 is 8.42 Å². The molecule has 0 atom stereocenters. The lowest BCUT2D eigenvalue weighted by Gasteiger charge is -2.35. The Bertz CT molecular complexity index is 1650. The molecule has 2 aliphatic heterocycles. The van der Waals surface area contributed by atoms with E-state index in [2.05, 4.69) is 26.3 Å². The summed E-state index contributed by atoms with van der Waals surface area (Å²) in [5, 5.41) is 24.8. The Labute approximate surface area is 234 Å². The van der Waals surface area contributed by atoms with Crippen LogP contribution >= 0.6 is 0 Å². The van der Waals surface area contributed by atoms with E-state index in [-0.39, 0.29) is 5.57 Å². The van der Waals surface area contributed by atoms with E-state index < -0.39 is 9.84 Å². The van der Waals surface area contributed by atoms with Crippen molar-refractivity contribution in [2.75, 3.05) is 37.3 Å². The molecule has 0 amide bonds. The topological polar surface area (TPSA) is 131 Å². The van der Waals surface area contributed by atoms with Crippen LogP contribution in [0.5, 0.6) is 0 Å². The Balaban J connectivity index is 1.28. The van der Waals surface area contributed by atoms with Gasteiger partial charge in [0.25, 0.3) is 0 Å². The molecule has 0 unspecified atom stereocenters. The van der Waals surface area contributed by atoms with Crippen molar-refractivity contribution in [3.63, 3.8) is 0 Å². The third-order valence-corrected chi connectivity index (χ3v) is 8.15. The number of nitriles is 1.